The van der Waals surface area contributed by atoms with E-state index >= 15 is 0 Å². The average Bonchev–Trinajstić information content (AvgIpc) is 2.61. The van der Waals surface area contributed by atoms with E-state index in [0.29, 0.717) is 37.8 Å². The third kappa shape index (κ3) is 4.68. The Labute approximate surface area is 153 Å². The summed E-state index contributed by atoms with van der Waals surface area (Å²) in [5.41, 5.74) is 0.821. The lowest BCUT2D eigenvalue weighted by atomic mass is 10.0. The van der Waals surface area contributed by atoms with Gasteiger partial charge in [-0.25, -0.2) is 14.8 Å². The normalized spacial score (nSPS) is 16.7. The first-order valence-electron chi connectivity index (χ1n) is 9.08. The van der Waals surface area contributed by atoms with Crippen LogP contribution in [0.25, 0.3) is 10.9 Å². The van der Waals surface area contributed by atoms with Crippen molar-refractivity contribution < 1.29 is 14.6 Å². The quantitative estimate of drug-likeness (QED) is 0.785. The first kappa shape index (κ1) is 18.5. The van der Waals surface area contributed by atoms with Gasteiger partial charge in [0.15, 0.2) is 0 Å². The molecule has 2 aromatic rings. The predicted molar refractivity (Wildman–Crippen MR) is 100 cm³/mol. The number of ether oxygens (including phenoxy) is 1. The molecule has 2 heterocycles. The summed E-state index contributed by atoms with van der Waals surface area (Å²) in [4.78, 5) is 23.2. The van der Waals surface area contributed by atoms with Gasteiger partial charge in [0, 0.05) is 18.5 Å². The molecule has 2 N–H and O–H groups in total. The maximum absolute atomic E-state index is 11.6. The highest BCUT2D eigenvalue weighted by Gasteiger charge is 2.21. The summed E-state index contributed by atoms with van der Waals surface area (Å²) in [6, 6.07) is 7.02. The molecular formula is C19H26N4O3. The van der Waals surface area contributed by atoms with E-state index in [1.807, 2.05) is 38.1 Å². The van der Waals surface area contributed by atoms with Crippen LogP contribution >= 0.6 is 0 Å². The molecule has 7 nitrogen and oxygen atoms in total. The Hall–Kier alpha value is -2.25. The second kappa shape index (κ2) is 8.42. The Balaban J connectivity index is 1.90. The number of nitrogens with one attached hydrogen (secondary N) is 1. The highest BCUT2D eigenvalue weighted by atomic mass is 16.5. The number of nitrogens with zero attached hydrogens (tertiary/aromatic N) is 3. The molecule has 1 aromatic carbocycles. The SMILES string of the molecule is CC(C)CC(Nc1nc(CN2CCOCC2)nc2ccccc12)C(=O)O. The van der Waals surface area contributed by atoms with Gasteiger partial charge in [-0.3, -0.25) is 4.90 Å². The number of rotatable bonds is 7. The number of para-hydroxylation sites is 1. The van der Waals surface area contributed by atoms with Crippen LogP contribution in [0.4, 0.5) is 5.82 Å². The van der Waals surface area contributed by atoms with E-state index in [4.69, 9.17) is 4.74 Å². The summed E-state index contributed by atoms with van der Waals surface area (Å²) in [6.45, 7) is 7.79. The number of aliphatic carboxylic acids is 1. The number of aromatic nitrogens is 2. The monoisotopic (exact) mass is 358 g/mol. The lowest BCUT2D eigenvalue weighted by Crippen LogP contribution is -2.36. The van der Waals surface area contributed by atoms with Crippen molar-refractivity contribution in [2.75, 3.05) is 31.6 Å². The van der Waals surface area contributed by atoms with E-state index in [2.05, 4.69) is 20.2 Å². The molecule has 0 amide bonds. The number of hydrogen-bond donors (Lipinski definition) is 2. The van der Waals surface area contributed by atoms with Gasteiger partial charge in [0.1, 0.15) is 17.7 Å². The zero-order valence-electron chi connectivity index (χ0n) is 15.3. The Morgan fingerprint density at radius 3 is 2.69 bits per heavy atom. The molecule has 0 aliphatic carbocycles. The number of carboxylic acids is 1. The fraction of sp³-hybridized carbons (Fsp3) is 0.526. The van der Waals surface area contributed by atoms with Crippen LogP contribution in [0, 0.1) is 5.92 Å². The van der Waals surface area contributed by atoms with Crippen molar-refractivity contribution in [2.45, 2.75) is 32.9 Å². The highest BCUT2D eigenvalue weighted by molar-refractivity contribution is 5.90. The summed E-state index contributed by atoms with van der Waals surface area (Å²) in [5.74, 6) is 0.689. The van der Waals surface area contributed by atoms with Gasteiger partial charge in [-0.1, -0.05) is 26.0 Å². The fourth-order valence-corrected chi connectivity index (χ4v) is 3.12. The molecule has 1 unspecified atom stereocenters. The van der Waals surface area contributed by atoms with Crippen LogP contribution in [0.1, 0.15) is 26.1 Å². The number of hydrogen-bond acceptors (Lipinski definition) is 6. The molecule has 0 radical (unpaired) electrons. The summed E-state index contributed by atoms with van der Waals surface area (Å²) in [7, 11) is 0. The molecule has 1 fully saturated rings. The van der Waals surface area contributed by atoms with E-state index < -0.39 is 12.0 Å². The van der Waals surface area contributed by atoms with Crippen LogP contribution in [0.5, 0.6) is 0 Å². The highest BCUT2D eigenvalue weighted by Crippen LogP contribution is 2.23. The summed E-state index contributed by atoms with van der Waals surface area (Å²) in [6.07, 6.45) is 0.534. The van der Waals surface area contributed by atoms with Gasteiger partial charge in [-0.2, -0.15) is 0 Å². The number of benzene rings is 1. The van der Waals surface area contributed by atoms with Crippen molar-refractivity contribution in [1.82, 2.24) is 14.9 Å². The van der Waals surface area contributed by atoms with Gasteiger partial charge < -0.3 is 15.2 Å². The smallest absolute Gasteiger partial charge is 0.326 e. The minimum absolute atomic E-state index is 0.268. The minimum atomic E-state index is -0.865. The lowest BCUT2D eigenvalue weighted by Gasteiger charge is -2.26. The first-order chi connectivity index (χ1) is 12.5. The van der Waals surface area contributed by atoms with Crippen LogP contribution < -0.4 is 5.32 Å². The number of fused-ring (bicyclic) bond motifs is 1. The van der Waals surface area contributed by atoms with Crippen LogP contribution in [0.15, 0.2) is 24.3 Å². The topological polar surface area (TPSA) is 87.6 Å². The molecule has 1 aliphatic rings. The van der Waals surface area contributed by atoms with Crippen LogP contribution in [-0.2, 0) is 16.1 Å². The van der Waals surface area contributed by atoms with Crippen LogP contribution in [-0.4, -0.2) is 58.3 Å². The maximum Gasteiger partial charge on any atom is 0.326 e. The van der Waals surface area contributed by atoms with Crippen molar-refractivity contribution in [2.24, 2.45) is 5.92 Å². The molecule has 0 bridgehead atoms. The minimum Gasteiger partial charge on any atom is -0.480 e. The Kier molecular flexibility index (Phi) is 6.00. The molecule has 0 spiro atoms. The van der Waals surface area contributed by atoms with Crippen molar-refractivity contribution >= 4 is 22.7 Å². The zero-order chi connectivity index (χ0) is 18.5. The second-order valence-corrected chi connectivity index (χ2v) is 7.06. The standard InChI is InChI=1S/C19H26N4O3/c1-13(2)11-16(19(24)25)21-18-14-5-3-4-6-15(14)20-17(22-18)12-23-7-9-26-10-8-23/h3-6,13,16H,7-12H2,1-2H3,(H,24,25)(H,20,21,22). The van der Waals surface area contributed by atoms with Gasteiger partial charge in [-0.15, -0.1) is 0 Å². The Morgan fingerprint density at radius 2 is 2.00 bits per heavy atom. The first-order valence-corrected chi connectivity index (χ1v) is 9.08. The van der Waals surface area contributed by atoms with E-state index in [0.717, 1.165) is 24.0 Å². The number of carbonyl (C=O) groups is 1. The molecule has 1 atom stereocenters. The third-order valence-electron chi connectivity index (χ3n) is 4.43. The summed E-state index contributed by atoms with van der Waals surface area (Å²) >= 11 is 0. The fourth-order valence-electron chi connectivity index (χ4n) is 3.12. The molecule has 140 valence electrons. The molecule has 3 rings (SSSR count). The van der Waals surface area contributed by atoms with Gasteiger partial charge >= 0.3 is 5.97 Å². The van der Waals surface area contributed by atoms with Crippen molar-refractivity contribution in [3.05, 3.63) is 30.1 Å². The Morgan fingerprint density at radius 1 is 1.27 bits per heavy atom. The zero-order valence-corrected chi connectivity index (χ0v) is 15.3. The molecular weight excluding hydrogens is 332 g/mol. The molecule has 7 heteroatoms. The number of anilines is 1. The van der Waals surface area contributed by atoms with E-state index in [-0.39, 0.29) is 5.92 Å². The molecule has 1 aliphatic heterocycles. The molecule has 1 saturated heterocycles. The Bertz CT molecular complexity index is 760. The maximum atomic E-state index is 11.6. The van der Waals surface area contributed by atoms with Crippen LogP contribution in [0.2, 0.25) is 0 Å². The van der Waals surface area contributed by atoms with Gasteiger partial charge in [0.25, 0.3) is 0 Å². The third-order valence-corrected chi connectivity index (χ3v) is 4.43. The number of carboxylic acid groups (broad SMARTS) is 1. The van der Waals surface area contributed by atoms with E-state index in [9.17, 15) is 9.90 Å². The van der Waals surface area contributed by atoms with Gasteiger partial charge in [-0.05, 0) is 24.5 Å². The van der Waals surface area contributed by atoms with Crippen LogP contribution in [0.3, 0.4) is 0 Å². The van der Waals surface area contributed by atoms with E-state index in [1.165, 1.54) is 0 Å². The predicted octanol–water partition coefficient (Wildman–Crippen LogP) is 2.37. The lowest BCUT2D eigenvalue weighted by molar-refractivity contribution is -0.138. The van der Waals surface area contributed by atoms with Gasteiger partial charge in [0.05, 0.1) is 25.3 Å². The second-order valence-electron chi connectivity index (χ2n) is 7.06. The van der Waals surface area contributed by atoms with Crippen molar-refractivity contribution in [1.29, 1.82) is 0 Å². The van der Waals surface area contributed by atoms with Crippen molar-refractivity contribution in [3.63, 3.8) is 0 Å². The summed E-state index contributed by atoms with van der Waals surface area (Å²) in [5, 5.41) is 13.5. The van der Waals surface area contributed by atoms with Gasteiger partial charge in [0.2, 0.25) is 0 Å². The molecule has 26 heavy (non-hydrogen) atoms. The van der Waals surface area contributed by atoms with E-state index in [1.54, 1.807) is 0 Å². The average molecular weight is 358 g/mol. The summed E-state index contributed by atoms with van der Waals surface area (Å²) < 4.78 is 5.39. The molecule has 1 aromatic heterocycles. The molecule has 0 saturated carbocycles. The number of morpholine rings is 1. The largest absolute Gasteiger partial charge is 0.480 e. The van der Waals surface area contributed by atoms with Crippen molar-refractivity contribution in [3.8, 4) is 0 Å².